The number of nitrogens with one attached hydrogen (secondary N) is 1. The van der Waals surface area contributed by atoms with E-state index in [-0.39, 0.29) is 25.5 Å². The maximum absolute atomic E-state index is 12.8. The monoisotopic (exact) mass is 770 g/mol. The van der Waals surface area contributed by atoms with Crippen molar-refractivity contribution in [1.29, 1.82) is 0 Å². The molecule has 9 nitrogen and oxygen atoms in total. The van der Waals surface area contributed by atoms with Crippen LogP contribution in [-0.2, 0) is 18.4 Å². The third-order valence-electron chi connectivity index (χ3n) is 9.16. The Bertz CT molecular complexity index is 1020. The summed E-state index contributed by atoms with van der Waals surface area (Å²) in [6.07, 6.45) is 38.8. The summed E-state index contributed by atoms with van der Waals surface area (Å²) in [6, 6.07) is -0.809. The molecular weight excluding hydrogens is 687 g/mol. The molecular formula is C43H82N2O7P+. The molecule has 310 valence electrons. The number of aliphatic hydroxyl groups is 2. The van der Waals surface area contributed by atoms with Gasteiger partial charge in [0.15, 0.2) is 0 Å². The first kappa shape index (κ1) is 51.4. The van der Waals surface area contributed by atoms with Gasteiger partial charge in [-0.05, 0) is 44.9 Å². The van der Waals surface area contributed by atoms with Gasteiger partial charge in [0.05, 0.1) is 46.0 Å². The summed E-state index contributed by atoms with van der Waals surface area (Å²) in [4.78, 5) is 23.1. The maximum Gasteiger partial charge on any atom is 0.472 e. The first-order valence-corrected chi connectivity index (χ1v) is 22.6. The Hall–Kier alpha value is -1.58. The van der Waals surface area contributed by atoms with Crippen LogP contribution in [0.2, 0.25) is 0 Å². The molecule has 0 bridgehead atoms. The van der Waals surface area contributed by atoms with Crippen LogP contribution in [0.15, 0.2) is 48.6 Å². The summed E-state index contributed by atoms with van der Waals surface area (Å²) in [5.74, 6) is -0.227. The number of aliphatic hydroxyl groups excluding tert-OH is 2. The zero-order valence-corrected chi connectivity index (χ0v) is 35.5. The largest absolute Gasteiger partial charge is 0.472 e. The number of nitrogens with zero attached hydrogens (tertiary/aromatic N) is 1. The molecule has 10 heteroatoms. The van der Waals surface area contributed by atoms with Crippen LogP contribution in [0.25, 0.3) is 0 Å². The summed E-state index contributed by atoms with van der Waals surface area (Å²) in [5.41, 5.74) is 0. The number of amides is 1. The number of phosphoric ester groups is 1. The van der Waals surface area contributed by atoms with Gasteiger partial charge < -0.3 is 24.9 Å². The Morgan fingerprint density at radius 2 is 1.28 bits per heavy atom. The molecule has 0 fully saturated rings. The number of rotatable bonds is 37. The number of unbranched alkanes of at least 4 members (excludes halogenated alkanes) is 16. The van der Waals surface area contributed by atoms with E-state index in [9.17, 15) is 24.5 Å². The van der Waals surface area contributed by atoms with Crippen LogP contribution >= 0.6 is 7.82 Å². The average molecular weight is 770 g/mol. The Kier molecular flexibility index (Phi) is 33.8. The fourth-order valence-electron chi connectivity index (χ4n) is 5.71. The van der Waals surface area contributed by atoms with Gasteiger partial charge in [0.1, 0.15) is 13.2 Å². The summed E-state index contributed by atoms with van der Waals surface area (Å²) in [5, 5.41) is 23.9. The van der Waals surface area contributed by atoms with Crippen LogP contribution in [-0.4, -0.2) is 84.6 Å². The van der Waals surface area contributed by atoms with Crippen molar-refractivity contribution >= 4 is 13.7 Å². The number of phosphoric acid groups is 1. The molecule has 4 atom stereocenters. The average Bonchev–Trinajstić information content (AvgIpc) is 3.10. The lowest BCUT2D eigenvalue weighted by Crippen LogP contribution is -2.46. The van der Waals surface area contributed by atoms with Gasteiger partial charge in [-0.25, -0.2) is 4.57 Å². The van der Waals surface area contributed by atoms with Crippen molar-refractivity contribution in [3.8, 4) is 0 Å². The number of hydrogen-bond acceptors (Lipinski definition) is 6. The summed E-state index contributed by atoms with van der Waals surface area (Å²) in [7, 11) is 1.54. The molecule has 0 aromatic rings. The molecule has 0 rings (SSSR count). The van der Waals surface area contributed by atoms with Gasteiger partial charge >= 0.3 is 7.82 Å². The van der Waals surface area contributed by atoms with Crippen LogP contribution in [0, 0.1) is 0 Å². The van der Waals surface area contributed by atoms with Gasteiger partial charge in [0.2, 0.25) is 5.91 Å². The highest BCUT2D eigenvalue weighted by Gasteiger charge is 2.28. The number of carbonyl (C=O) groups excluding carboxylic acids is 1. The molecule has 0 aliphatic heterocycles. The van der Waals surface area contributed by atoms with E-state index in [0.29, 0.717) is 30.3 Å². The maximum atomic E-state index is 12.8. The topological polar surface area (TPSA) is 125 Å². The minimum absolute atomic E-state index is 0.0517. The second kappa shape index (κ2) is 34.9. The van der Waals surface area contributed by atoms with Crippen molar-refractivity contribution in [3.63, 3.8) is 0 Å². The summed E-state index contributed by atoms with van der Waals surface area (Å²) >= 11 is 0. The van der Waals surface area contributed by atoms with Crippen molar-refractivity contribution in [2.24, 2.45) is 0 Å². The van der Waals surface area contributed by atoms with Crippen LogP contribution in [0.3, 0.4) is 0 Å². The van der Waals surface area contributed by atoms with Crippen LogP contribution in [0.5, 0.6) is 0 Å². The molecule has 0 spiro atoms. The lowest BCUT2D eigenvalue weighted by molar-refractivity contribution is -0.870. The lowest BCUT2D eigenvalue weighted by atomic mass is 10.0. The van der Waals surface area contributed by atoms with Crippen molar-refractivity contribution in [1.82, 2.24) is 5.32 Å². The number of quaternary nitrogens is 1. The van der Waals surface area contributed by atoms with Crippen molar-refractivity contribution in [2.75, 3.05) is 40.9 Å². The number of likely N-dealkylation sites (N-methyl/N-ethyl adjacent to an activating group) is 1. The predicted octanol–water partition coefficient (Wildman–Crippen LogP) is 10.3. The van der Waals surface area contributed by atoms with Gasteiger partial charge in [-0.1, -0.05) is 159 Å². The first-order chi connectivity index (χ1) is 25.4. The molecule has 0 aromatic carbocycles. The van der Waals surface area contributed by atoms with Gasteiger partial charge in [0.25, 0.3) is 0 Å². The van der Waals surface area contributed by atoms with Gasteiger partial charge in [-0.15, -0.1) is 0 Å². The van der Waals surface area contributed by atoms with Crippen molar-refractivity contribution in [2.45, 2.75) is 180 Å². The third-order valence-corrected chi connectivity index (χ3v) is 10.1. The highest BCUT2D eigenvalue weighted by molar-refractivity contribution is 7.47. The van der Waals surface area contributed by atoms with Crippen LogP contribution in [0.4, 0.5) is 0 Å². The zero-order chi connectivity index (χ0) is 39.5. The molecule has 0 aliphatic carbocycles. The van der Waals surface area contributed by atoms with Gasteiger partial charge in [-0.3, -0.25) is 13.8 Å². The van der Waals surface area contributed by atoms with E-state index in [4.69, 9.17) is 9.05 Å². The van der Waals surface area contributed by atoms with E-state index in [2.05, 4.69) is 25.2 Å². The lowest BCUT2D eigenvalue weighted by Gasteiger charge is -2.26. The third kappa shape index (κ3) is 37.1. The zero-order valence-electron chi connectivity index (χ0n) is 34.6. The van der Waals surface area contributed by atoms with Crippen LogP contribution < -0.4 is 5.32 Å². The number of hydrogen-bond donors (Lipinski definition) is 4. The molecule has 53 heavy (non-hydrogen) atoms. The summed E-state index contributed by atoms with van der Waals surface area (Å²) in [6.45, 7) is 4.71. The second-order valence-corrected chi connectivity index (χ2v) is 17.0. The predicted molar refractivity (Wildman–Crippen MR) is 223 cm³/mol. The molecule has 1 unspecified atom stereocenters. The van der Waals surface area contributed by atoms with Gasteiger partial charge in [0, 0.05) is 6.42 Å². The Labute approximate surface area is 325 Å². The Morgan fingerprint density at radius 3 is 1.91 bits per heavy atom. The fourth-order valence-corrected chi connectivity index (χ4v) is 6.44. The minimum atomic E-state index is -4.34. The van der Waals surface area contributed by atoms with E-state index >= 15 is 0 Å². The standard InChI is InChI=1S/C43H81N2O7P/c1-6-8-10-12-14-15-16-17-18-19-23-27-31-35-42(47)41(39-52-53(49,50)51-38-37-45(3,4)5)44-43(48)36-32-28-24-21-20-22-26-30-34-40(46)33-29-25-13-11-9-7-2/h21-22,24-26,29-30,34,40-42,46-47H,6-20,23,27-28,31-33,35-39H2,1-5H3,(H-,44,48,49,50)/p+1/b24-21-,26-22-,29-25-,34-30+/t40-,41-,42+/m0/s1. The Balaban J connectivity index is 4.59. The van der Waals surface area contributed by atoms with Crippen LogP contribution in [0.1, 0.15) is 162 Å². The van der Waals surface area contributed by atoms with E-state index in [1.807, 2.05) is 57.6 Å². The number of allylic oxidation sites excluding steroid dienone is 6. The van der Waals surface area contributed by atoms with Crippen molar-refractivity contribution < 1.29 is 38.0 Å². The van der Waals surface area contributed by atoms with E-state index in [1.54, 1.807) is 6.08 Å². The minimum Gasteiger partial charge on any atom is -0.391 e. The molecule has 4 N–H and O–H groups in total. The molecule has 0 saturated carbocycles. The molecule has 0 aliphatic rings. The fraction of sp³-hybridized carbons (Fsp3) is 0.791. The molecule has 1 amide bonds. The SMILES string of the molecule is CCCCC/C=C\C[C@H](O)/C=C/C=C\C/C=C\CCCC(=O)N[C@@H](COP(=O)(O)OCC[N+](C)(C)C)[C@H](O)CCCCCCCCCCCCCCC. The van der Waals surface area contributed by atoms with E-state index in [1.165, 1.54) is 83.5 Å². The van der Waals surface area contributed by atoms with E-state index < -0.39 is 26.1 Å². The highest BCUT2D eigenvalue weighted by atomic mass is 31.2. The van der Waals surface area contributed by atoms with E-state index in [0.717, 1.165) is 38.5 Å². The second-order valence-electron chi connectivity index (χ2n) is 15.6. The quantitative estimate of drug-likeness (QED) is 0.0163. The smallest absolute Gasteiger partial charge is 0.391 e. The molecule has 0 aromatic heterocycles. The number of carbonyl (C=O) groups is 1. The van der Waals surface area contributed by atoms with Gasteiger partial charge in [-0.2, -0.15) is 0 Å². The molecule has 0 saturated heterocycles. The molecule has 0 radical (unpaired) electrons. The molecule has 0 heterocycles. The summed E-state index contributed by atoms with van der Waals surface area (Å²) < 4.78 is 23.5. The normalized spacial score (nSPS) is 15.5. The highest BCUT2D eigenvalue weighted by Crippen LogP contribution is 2.43. The Morgan fingerprint density at radius 1 is 0.717 bits per heavy atom. The van der Waals surface area contributed by atoms with Crippen molar-refractivity contribution in [3.05, 3.63) is 48.6 Å². The first-order valence-electron chi connectivity index (χ1n) is 21.1.